The fourth-order valence-electron chi connectivity index (χ4n) is 3.57. The van der Waals surface area contributed by atoms with Gasteiger partial charge in [-0.15, -0.1) is 24.0 Å². The number of aromatic nitrogens is 3. The molecular weight excluding hydrogens is 487 g/mol. The Bertz CT molecular complexity index is 904. The molecule has 2 aromatic heterocycles. The number of nitrogens with zero attached hydrogens (tertiary/aromatic N) is 4. The summed E-state index contributed by atoms with van der Waals surface area (Å²) in [5.41, 5.74) is 2.59. The number of guanidine groups is 1. The van der Waals surface area contributed by atoms with Gasteiger partial charge in [0.05, 0.1) is 0 Å². The molecule has 0 spiro atoms. The highest BCUT2D eigenvalue weighted by molar-refractivity contribution is 14.0. The van der Waals surface area contributed by atoms with Crippen LogP contribution in [0.3, 0.4) is 0 Å². The van der Waals surface area contributed by atoms with Crippen LogP contribution < -0.4 is 10.6 Å². The van der Waals surface area contributed by atoms with Gasteiger partial charge < -0.3 is 10.6 Å². The highest BCUT2D eigenvalue weighted by Crippen LogP contribution is 2.30. The Morgan fingerprint density at radius 2 is 1.83 bits per heavy atom. The van der Waals surface area contributed by atoms with Crippen molar-refractivity contribution < 1.29 is 0 Å². The molecule has 160 valence electrons. The lowest BCUT2D eigenvalue weighted by molar-refractivity contribution is 0.389. The Morgan fingerprint density at radius 1 is 1.07 bits per heavy atom. The van der Waals surface area contributed by atoms with Crippen molar-refractivity contribution in [3.63, 3.8) is 0 Å². The third kappa shape index (κ3) is 5.81. The van der Waals surface area contributed by atoms with Gasteiger partial charge in [0.2, 0.25) is 0 Å². The summed E-state index contributed by atoms with van der Waals surface area (Å²) >= 11 is 0. The molecule has 0 radical (unpaired) electrons. The van der Waals surface area contributed by atoms with Crippen molar-refractivity contribution >= 4 is 29.9 Å². The van der Waals surface area contributed by atoms with E-state index in [-0.39, 0.29) is 29.4 Å². The summed E-state index contributed by atoms with van der Waals surface area (Å²) in [4.78, 5) is 12.9. The van der Waals surface area contributed by atoms with Crippen molar-refractivity contribution in [2.75, 3.05) is 13.6 Å². The largest absolute Gasteiger partial charge is 0.356 e. The predicted molar refractivity (Wildman–Crippen MR) is 134 cm³/mol. The highest BCUT2D eigenvalue weighted by Gasteiger charge is 2.28. The number of pyridine rings is 1. The molecule has 3 aromatic rings. The van der Waals surface area contributed by atoms with Crippen molar-refractivity contribution in [3.8, 4) is 5.82 Å². The smallest absolute Gasteiger partial charge is 0.191 e. The second-order valence-corrected chi connectivity index (χ2v) is 7.13. The second-order valence-electron chi connectivity index (χ2n) is 7.13. The van der Waals surface area contributed by atoms with E-state index >= 15 is 0 Å². The molecule has 0 aliphatic heterocycles. The average molecular weight is 518 g/mol. The normalized spacial score (nSPS) is 11.6. The number of halogens is 1. The average Bonchev–Trinajstić information content (AvgIpc) is 3.33. The van der Waals surface area contributed by atoms with Gasteiger partial charge in [0.25, 0.3) is 0 Å². The molecule has 0 fully saturated rings. The maximum atomic E-state index is 4.40. The number of imidazole rings is 1. The van der Waals surface area contributed by atoms with E-state index in [1.807, 2.05) is 29.1 Å². The summed E-state index contributed by atoms with van der Waals surface area (Å²) in [5.74, 6) is 1.65. The van der Waals surface area contributed by atoms with Gasteiger partial charge in [0, 0.05) is 44.1 Å². The van der Waals surface area contributed by atoms with Gasteiger partial charge in [0.15, 0.2) is 5.96 Å². The number of aliphatic imine (C=N–C) groups is 1. The van der Waals surface area contributed by atoms with Gasteiger partial charge in [-0.3, -0.25) is 9.56 Å². The lowest BCUT2D eigenvalue weighted by atomic mass is 9.76. The van der Waals surface area contributed by atoms with Gasteiger partial charge >= 0.3 is 0 Å². The fourth-order valence-corrected chi connectivity index (χ4v) is 3.57. The van der Waals surface area contributed by atoms with E-state index in [9.17, 15) is 0 Å². The van der Waals surface area contributed by atoms with Crippen LogP contribution in [0.4, 0.5) is 0 Å². The molecule has 0 aliphatic rings. The number of hydrogen-bond acceptors (Lipinski definition) is 3. The number of nitrogens with one attached hydrogen (secondary N) is 2. The zero-order valence-corrected chi connectivity index (χ0v) is 20.2. The molecule has 0 unspecified atom stereocenters. The zero-order chi connectivity index (χ0) is 20.5. The Hall–Kier alpha value is -2.42. The molecule has 30 heavy (non-hydrogen) atoms. The predicted octanol–water partition coefficient (Wildman–Crippen LogP) is 4.31. The summed E-state index contributed by atoms with van der Waals surface area (Å²) in [6.45, 7) is 6.01. The minimum absolute atomic E-state index is 0. The summed E-state index contributed by atoms with van der Waals surface area (Å²) in [5, 5.41) is 6.95. The number of hydrogen-bond donors (Lipinski definition) is 2. The Labute approximate surface area is 196 Å². The molecule has 7 heteroatoms. The standard InChI is InChI=1S/C23H30N6.HI/c1-4-23(5-2,20-9-7-6-8-10-20)17-28-22(24-3)27-16-19-11-12-26-21(15-19)29-14-13-25-18-29;/h6-15,18H,4-5,16-17H2,1-3H3,(H2,24,27,28);1H. The van der Waals surface area contributed by atoms with Crippen LogP contribution in [-0.2, 0) is 12.0 Å². The minimum atomic E-state index is 0. The van der Waals surface area contributed by atoms with Crippen LogP contribution >= 0.6 is 24.0 Å². The molecule has 6 nitrogen and oxygen atoms in total. The lowest BCUT2D eigenvalue weighted by Crippen LogP contribution is -2.45. The van der Waals surface area contributed by atoms with E-state index in [2.05, 4.69) is 69.8 Å². The van der Waals surface area contributed by atoms with Gasteiger partial charge in [-0.2, -0.15) is 0 Å². The molecule has 0 atom stereocenters. The van der Waals surface area contributed by atoms with Crippen LogP contribution in [0.1, 0.15) is 37.8 Å². The fraction of sp³-hybridized carbons (Fsp3) is 0.348. The topological polar surface area (TPSA) is 67.1 Å². The SMILES string of the molecule is CCC(CC)(CNC(=NC)NCc1ccnc(-n2ccnc2)c1)c1ccccc1.I. The van der Waals surface area contributed by atoms with Crippen LogP contribution in [0.15, 0.2) is 72.4 Å². The summed E-state index contributed by atoms with van der Waals surface area (Å²) in [6, 6.07) is 14.8. The third-order valence-electron chi connectivity index (χ3n) is 5.60. The van der Waals surface area contributed by atoms with E-state index in [0.29, 0.717) is 6.54 Å². The van der Waals surface area contributed by atoms with Crippen molar-refractivity contribution in [2.45, 2.75) is 38.6 Å². The van der Waals surface area contributed by atoms with E-state index < -0.39 is 0 Å². The van der Waals surface area contributed by atoms with E-state index in [0.717, 1.165) is 36.7 Å². The molecule has 2 N–H and O–H groups in total. The Kier molecular flexibility index (Phi) is 9.29. The molecule has 0 saturated heterocycles. The Balaban J connectivity index is 0.00000320. The number of rotatable bonds is 8. The quantitative estimate of drug-likeness (QED) is 0.265. The maximum absolute atomic E-state index is 4.40. The molecule has 0 amide bonds. The molecular formula is C23H31IN6. The van der Waals surface area contributed by atoms with Gasteiger partial charge in [-0.25, -0.2) is 9.97 Å². The van der Waals surface area contributed by atoms with E-state index in [1.165, 1.54) is 5.56 Å². The Morgan fingerprint density at radius 3 is 2.47 bits per heavy atom. The molecule has 1 aromatic carbocycles. The third-order valence-corrected chi connectivity index (χ3v) is 5.60. The first-order chi connectivity index (χ1) is 14.2. The van der Waals surface area contributed by atoms with Gasteiger partial charge in [-0.05, 0) is 36.1 Å². The summed E-state index contributed by atoms with van der Waals surface area (Å²) in [6.07, 6.45) is 9.33. The minimum Gasteiger partial charge on any atom is -0.356 e. The molecule has 3 rings (SSSR count). The van der Waals surface area contributed by atoms with Crippen molar-refractivity contribution in [1.29, 1.82) is 0 Å². The van der Waals surface area contributed by atoms with Crippen molar-refractivity contribution in [2.24, 2.45) is 4.99 Å². The number of benzene rings is 1. The van der Waals surface area contributed by atoms with Crippen LogP contribution in [0, 0.1) is 0 Å². The molecule has 0 aliphatic carbocycles. The van der Waals surface area contributed by atoms with Crippen LogP contribution in [0.25, 0.3) is 5.82 Å². The maximum Gasteiger partial charge on any atom is 0.191 e. The van der Waals surface area contributed by atoms with Crippen LogP contribution in [0.2, 0.25) is 0 Å². The first-order valence-corrected chi connectivity index (χ1v) is 10.1. The van der Waals surface area contributed by atoms with Crippen LogP contribution in [-0.4, -0.2) is 34.1 Å². The van der Waals surface area contributed by atoms with E-state index in [4.69, 9.17) is 0 Å². The van der Waals surface area contributed by atoms with Gasteiger partial charge in [0.1, 0.15) is 12.1 Å². The first kappa shape index (κ1) is 23.9. The van der Waals surface area contributed by atoms with Crippen molar-refractivity contribution in [3.05, 3.63) is 78.5 Å². The second kappa shape index (κ2) is 11.7. The highest BCUT2D eigenvalue weighted by atomic mass is 127. The summed E-state index contributed by atoms with van der Waals surface area (Å²) < 4.78 is 1.90. The molecule has 2 heterocycles. The monoisotopic (exact) mass is 518 g/mol. The van der Waals surface area contributed by atoms with Crippen LogP contribution in [0.5, 0.6) is 0 Å². The first-order valence-electron chi connectivity index (χ1n) is 10.1. The lowest BCUT2D eigenvalue weighted by Gasteiger charge is -2.33. The molecule has 0 bridgehead atoms. The zero-order valence-electron chi connectivity index (χ0n) is 17.9. The summed E-state index contributed by atoms with van der Waals surface area (Å²) in [7, 11) is 1.81. The molecule has 0 saturated carbocycles. The van der Waals surface area contributed by atoms with Gasteiger partial charge in [-0.1, -0.05) is 44.2 Å². The van der Waals surface area contributed by atoms with E-state index in [1.54, 1.807) is 19.6 Å². The van der Waals surface area contributed by atoms with Crippen molar-refractivity contribution in [1.82, 2.24) is 25.2 Å².